The van der Waals surface area contributed by atoms with Crippen LogP contribution in [0.25, 0.3) is 10.2 Å². The summed E-state index contributed by atoms with van der Waals surface area (Å²) in [7, 11) is 0. The monoisotopic (exact) mass is 282 g/mol. The molecular weight excluding hydrogens is 276 g/mol. The number of carbonyl (C=O) groups excluding carboxylic acids is 2. The predicted molar refractivity (Wildman–Crippen MR) is 70.4 cm³/mol. The molecule has 17 heavy (non-hydrogen) atoms. The summed E-state index contributed by atoms with van der Waals surface area (Å²) in [5.74, 6) is -0.246. The standard InChI is InChI=1S/C10H6N2O2S3/c13-7-8(16-9(14)12-7)17-10-11-5-3-1-2-4-6(5)15-10/h1-4,8H,(H,12,13,14). The van der Waals surface area contributed by atoms with Gasteiger partial charge in [-0.3, -0.25) is 14.9 Å². The first kappa shape index (κ1) is 11.1. The van der Waals surface area contributed by atoms with Crippen LogP contribution in [0.15, 0.2) is 28.6 Å². The maximum atomic E-state index is 11.4. The van der Waals surface area contributed by atoms with Gasteiger partial charge >= 0.3 is 0 Å². The van der Waals surface area contributed by atoms with Gasteiger partial charge in [-0.25, -0.2) is 4.98 Å². The zero-order valence-corrected chi connectivity index (χ0v) is 10.8. The van der Waals surface area contributed by atoms with Gasteiger partial charge in [0, 0.05) is 0 Å². The van der Waals surface area contributed by atoms with Gasteiger partial charge in [0.15, 0.2) is 4.34 Å². The molecule has 1 aliphatic rings. The number of benzene rings is 1. The van der Waals surface area contributed by atoms with E-state index in [1.807, 2.05) is 24.3 Å². The molecule has 0 aliphatic carbocycles. The van der Waals surface area contributed by atoms with Gasteiger partial charge in [-0.05, 0) is 23.9 Å². The van der Waals surface area contributed by atoms with Gasteiger partial charge in [-0.15, -0.1) is 11.3 Å². The van der Waals surface area contributed by atoms with Gasteiger partial charge in [0.05, 0.1) is 10.2 Å². The molecule has 0 saturated carbocycles. The molecule has 1 saturated heterocycles. The van der Waals surface area contributed by atoms with Crippen molar-refractivity contribution in [3.05, 3.63) is 24.3 Å². The first-order valence-electron chi connectivity index (χ1n) is 4.76. The Labute approximate surface area is 109 Å². The number of carbonyl (C=O) groups is 2. The van der Waals surface area contributed by atoms with E-state index in [1.165, 1.54) is 23.1 Å². The minimum absolute atomic E-state index is 0.246. The van der Waals surface area contributed by atoms with Crippen molar-refractivity contribution in [1.82, 2.24) is 10.3 Å². The van der Waals surface area contributed by atoms with Crippen molar-refractivity contribution in [3.8, 4) is 0 Å². The van der Waals surface area contributed by atoms with Crippen LogP contribution in [0.1, 0.15) is 0 Å². The van der Waals surface area contributed by atoms with E-state index in [0.29, 0.717) is 0 Å². The summed E-state index contributed by atoms with van der Waals surface area (Å²) in [6.07, 6.45) is 0. The minimum Gasteiger partial charge on any atom is -0.285 e. The Morgan fingerprint density at radius 1 is 1.29 bits per heavy atom. The van der Waals surface area contributed by atoms with Crippen molar-refractivity contribution < 1.29 is 9.59 Å². The summed E-state index contributed by atoms with van der Waals surface area (Å²) in [6.45, 7) is 0. The number of fused-ring (bicyclic) bond motifs is 1. The second-order valence-electron chi connectivity index (χ2n) is 3.29. The van der Waals surface area contributed by atoms with Crippen molar-refractivity contribution in [1.29, 1.82) is 0 Å². The third kappa shape index (κ3) is 2.18. The fraction of sp³-hybridized carbons (Fsp3) is 0.100. The molecule has 1 aromatic carbocycles. The van der Waals surface area contributed by atoms with E-state index in [4.69, 9.17) is 0 Å². The Hall–Kier alpha value is -1.05. The fourth-order valence-electron chi connectivity index (χ4n) is 1.41. The van der Waals surface area contributed by atoms with E-state index >= 15 is 0 Å². The van der Waals surface area contributed by atoms with E-state index in [2.05, 4.69) is 10.3 Å². The Balaban J connectivity index is 1.85. The van der Waals surface area contributed by atoms with Gasteiger partial charge in [0.25, 0.3) is 11.1 Å². The van der Waals surface area contributed by atoms with Crippen LogP contribution in [0.3, 0.4) is 0 Å². The van der Waals surface area contributed by atoms with Gasteiger partial charge in [0.1, 0.15) is 4.58 Å². The van der Waals surface area contributed by atoms with Crippen LogP contribution in [0.2, 0.25) is 0 Å². The topological polar surface area (TPSA) is 59.1 Å². The molecule has 2 aromatic rings. The lowest BCUT2D eigenvalue weighted by atomic mass is 10.3. The van der Waals surface area contributed by atoms with E-state index in [1.54, 1.807) is 0 Å². The highest BCUT2D eigenvalue weighted by molar-refractivity contribution is 8.26. The van der Waals surface area contributed by atoms with Crippen LogP contribution < -0.4 is 5.32 Å². The molecule has 1 aromatic heterocycles. The first-order valence-corrected chi connectivity index (χ1v) is 7.34. The van der Waals surface area contributed by atoms with Gasteiger partial charge in [-0.2, -0.15) is 0 Å². The van der Waals surface area contributed by atoms with Crippen LogP contribution in [0.5, 0.6) is 0 Å². The highest BCUT2D eigenvalue weighted by atomic mass is 32.2. The number of hydrogen-bond donors (Lipinski definition) is 1. The number of para-hydroxylation sites is 1. The Morgan fingerprint density at radius 3 is 2.82 bits per heavy atom. The van der Waals surface area contributed by atoms with Gasteiger partial charge in [-0.1, -0.05) is 23.9 Å². The molecule has 0 radical (unpaired) electrons. The van der Waals surface area contributed by atoms with E-state index < -0.39 is 4.58 Å². The lowest BCUT2D eigenvalue weighted by Gasteiger charge is -1.99. The summed E-state index contributed by atoms with van der Waals surface area (Å²) < 4.78 is 1.49. The zero-order valence-electron chi connectivity index (χ0n) is 8.38. The quantitative estimate of drug-likeness (QED) is 0.917. The molecular formula is C10H6N2O2S3. The zero-order chi connectivity index (χ0) is 11.8. The summed E-state index contributed by atoms with van der Waals surface area (Å²) in [5.41, 5.74) is 0.926. The van der Waals surface area contributed by atoms with Crippen LogP contribution in [-0.4, -0.2) is 20.7 Å². The van der Waals surface area contributed by atoms with Crippen LogP contribution in [0.4, 0.5) is 4.79 Å². The normalized spacial score (nSPS) is 19.9. The van der Waals surface area contributed by atoms with Crippen molar-refractivity contribution in [2.24, 2.45) is 0 Å². The molecule has 1 unspecified atom stereocenters. The van der Waals surface area contributed by atoms with Crippen molar-refractivity contribution in [3.63, 3.8) is 0 Å². The largest absolute Gasteiger partial charge is 0.287 e. The van der Waals surface area contributed by atoms with Crippen molar-refractivity contribution in [2.45, 2.75) is 8.92 Å². The number of hydrogen-bond acceptors (Lipinski definition) is 6. The van der Waals surface area contributed by atoms with E-state index in [9.17, 15) is 9.59 Å². The summed E-state index contributed by atoms with van der Waals surface area (Å²) in [5, 5.41) is 1.98. The summed E-state index contributed by atoms with van der Waals surface area (Å²) >= 11 is 3.87. The van der Waals surface area contributed by atoms with Crippen molar-refractivity contribution >= 4 is 56.2 Å². The van der Waals surface area contributed by atoms with Crippen LogP contribution >= 0.6 is 34.9 Å². The number of thioether (sulfide) groups is 2. The Bertz CT molecular complexity index is 577. The number of rotatable bonds is 2. The molecule has 1 N–H and O–H groups in total. The second-order valence-corrected chi connectivity index (χ2v) is 7.05. The molecule has 86 valence electrons. The Morgan fingerprint density at radius 2 is 2.12 bits per heavy atom. The molecule has 1 atom stereocenters. The molecule has 2 heterocycles. The molecule has 2 amide bonds. The summed E-state index contributed by atoms with van der Waals surface area (Å²) in [4.78, 5) is 26.8. The smallest absolute Gasteiger partial charge is 0.285 e. The molecule has 1 aliphatic heterocycles. The van der Waals surface area contributed by atoms with Gasteiger partial charge < -0.3 is 0 Å². The number of nitrogens with one attached hydrogen (secondary N) is 1. The number of nitrogens with zero attached hydrogens (tertiary/aromatic N) is 1. The van der Waals surface area contributed by atoms with E-state index in [-0.39, 0.29) is 11.1 Å². The number of thiazole rings is 1. The second kappa shape index (κ2) is 4.32. The third-order valence-electron chi connectivity index (χ3n) is 2.14. The summed E-state index contributed by atoms with van der Waals surface area (Å²) in [6, 6.07) is 7.81. The number of aromatic nitrogens is 1. The SMILES string of the molecule is O=C1NC(=O)C(Sc2nc3ccccc3s2)S1. The predicted octanol–water partition coefficient (Wildman–Crippen LogP) is 2.70. The molecule has 0 spiro atoms. The fourth-order valence-corrected chi connectivity index (χ4v) is 4.79. The van der Waals surface area contributed by atoms with Crippen LogP contribution in [-0.2, 0) is 4.79 Å². The van der Waals surface area contributed by atoms with Crippen molar-refractivity contribution in [2.75, 3.05) is 0 Å². The first-order chi connectivity index (χ1) is 8.22. The maximum absolute atomic E-state index is 11.4. The third-order valence-corrected chi connectivity index (χ3v) is 5.55. The average molecular weight is 282 g/mol. The van der Waals surface area contributed by atoms with E-state index in [0.717, 1.165) is 26.3 Å². The molecule has 1 fully saturated rings. The Kier molecular flexibility index (Phi) is 2.81. The molecule has 3 rings (SSSR count). The highest BCUT2D eigenvalue weighted by Gasteiger charge is 2.33. The molecule has 4 nitrogen and oxygen atoms in total. The average Bonchev–Trinajstić information content (AvgIpc) is 2.82. The lowest BCUT2D eigenvalue weighted by molar-refractivity contribution is -0.117. The highest BCUT2D eigenvalue weighted by Crippen LogP contribution is 2.38. The van der Waals surface area contributed by atoms with Crippen LogP contribution in [0, 0.1) is 0 Å². The number of amides is 2. The van der Waals surface area contributed by atoms with Gasteiger partial charge in [0.2, 0.25) is 0 Å². The maximum Gasteiger partial charge on any atom is 0.287 e. The molecule has 0 bridgehead atoms. The minimum atomic E-state index is -0.414. The lowest BCUT2D eigenvalue weighted by Crippen LogP contribution is -2.22. The molecule has 7 heteroatoms. The number of imide groups is 1.